The second kappa shape index (κ2) is 11.4. The van der Waals surface area contributed by atoms with E-state index in [1.165, 1.54) is 0 Å². The first-order chi connectivity index (χ1) is 21.2. The highest BCUT2D eigenvalue weighted by Gasteiger charge is 2.48. The molecule has 1 unspecified atom stereocenters. The molecule has 2 N–H and O–H groups in total. The van der Waals surface area contributed by atoms with E-state index in [1.54, 1.807) is 27.7 Å². The summed E-state index contributed by atoms with van der Waals surface area (Å²) in [6.45, 7) is 3.05. The van der Waals surface area contributed by atoms with E-state index in [1.807, 2.05) is 6.92 Å². The van der Waals surface area contributed by atoms with Crippen LogP contribution in [0.1, 0.15) is 85.0 Å². The fourth-order valence-electron chi connectivity index (χ4n) is 7.07. The van der Waals surface area contributed by atoms with Crippen LogP contribution in [0.2, 0.25) is 0 Å². The van der Waals surface area contributed by atoms with Gasteiger partial charge in [-0.1, -0.05) is 0 Å². The van der Waals surface area contributed by atoms with Gasteiger partial charge in [-0.2, -0.15) is 23.4 Å². The first kappa shape index (κ1) is 29.2. The van der Waals surface area contributed by atoms with Crippen LogP contribution in [0, 0.1) is 29.6 Å². The number of hydrogen-bond donors (Lipinski definition) is 2. The fourth-order valence-corrected chi connectivity index (χ4v) is 7.07. The van der Waals surface area contributed by atoms with Gasteiger partial charge in [0.1, 0.15) is 5.69 Å². The molecule has 0 spiro atoms. The number of rotatable bonds is 10. The summed E-state index contributed by atoms with van der Waals surface area (Å²) in [5.41, 5.74) is 2.23. The number of piperidine rings is 1. The number of carbonyl (C=O) groups is 2. The van der Waals surface area contributed by atoms with Crippen molar-refractivity contribution < 1.29 is 27.5 Å². The number of nitrogens with zero attached hydrogens (tertiary/aromatic N) is 6. The lowest BCUT2D eigenvalue weighted by Crippen LogP contribution is -2.47. The summed E-state index contributed by atoms with van der Waals surface area (Å²) >= 11 is 0. The average molecular weight is 615 g/mol. The molecule has 236 valence electrons. The smallest absolute Gasteiger partial charge is 0.381 e. The maximum absolute atomic E-state index is 13.6. The van der Waals surface area contributed by atoms with Crippen molar-refractivity contribution in [2.75, 3.05) is 19.8 Å². The second-order valence-corrected chi connectivity index (χ2v) is 12.8. The molecule has 0 bridgehead atoms. The Balaban J connectivity index is 1.24. The third-order valence-electron chi connectivity index (χ3n) is 9.69. The van der Waals surface area contributed by atoms with Crippen molar-refractivity contribution >= 4 is 17.6 Å². The Morgan fingerprint density at radius 1 is 1.18 bits per heavy atom. The Kier molecular flexibility index (Phi) is 7.58. The monoisotopic (exact) mass is 614 g/mol. The molecule has 4 fully saturated rings. The predicted octanol–water partition coefficient (Wildman–Crippen LogP) is 3.61. The molecule has 4 atom stereocenters. The maximum Gasteiger partial charge on any atom is 0.393 e. The molecule has 7 rings (SSSR count). The third kappa shape index (κ3) is 5.80. The second-order valence-electron chi connectivity index (χ2n) is 12.8. The number of amides is 2. The number of alkyl halides is 3. The minimum absolute atomic E-state index is 0.0364. The van der Waals surface area contributed by atoms with Crippen LogP contribution >= 0.6 is 0 Å². The van der Waals surface area contributed by atoms with Gasteiger partial charge in [0, 0.05) is 44.1 Å². The largest absolute Gasteiger partial charge is 0.393 e. The van der Waals surface area contributed by atoms with Crippen molar-refractivity contribution in [2.45, 2.75) is 76.6 Å². The molecule has 0 aromatic carbocycles. The SMILES string of the molecule is CCn1nccc1C(=O)N[C@H](c1cn2nc(C[C@H]3C[C@@H](C(F)(F)F)CNC3=O)c(C3CCOC3)nc2n1)C(C1CC1)C1CC1. The van der Waals surface area contributed by atoms with Crippen LogP contribution in [0.4, 0.5) is 13.2 Å². The first-order valence-electron chi connectivity index (χ1n) is 15.7. The molecule has 2 amide bonds. The van der Waals surface area contributed by atoms with E-state index in [0.717, 1.165) is 25.7 Å². The number of aryl methyl sites for hydroxylation is 1. The van der Waals surface area contributed by atoms with E-state index in [-0.39, 0.29) is 36.6 Å². The van der Waals surface area contributed by atoms with Crippen molar-refractivity contribution in [1.29, 1.82) is 0 Å². The van der Waals surface area contributed by atoms with Crippen molar-refractivity contribution in [3.8, 4) is 0 Å². The molecular weight excluding hydrogens is 577 g/mol. The Morgan fingerprint density at radius 3 is 2.61 bits per heavy atom. The van der Waals surface area contributed by atoms with E-state index in [4.69, 9.17) is 19.8 Å². The number of hydrogen-bond acceptors (Lipinski definition) is 7. The molecule has 0 radical (unpaired) electrons. The number of aromatic nitrogens is 6. The van der Waals surface area contributed by atoms with E-state index in [9.17, 15) is 22.8 Å². The van der Waals surface area contributed by atoms with Crippen LogP contribution in [0.5, 0.6) is 0 Å². The van der Waals surface area contributed by atoms with Crippen molar-refractivity contribution in [3.63, 3.8) is 0 Å². The predicted molar refractivity (Wildman–Crippen MR) is 150 cm³/mol. The molecule has 2 aliphatic carbocycles. The van der Waals surface area contributed by atoms with Gasteiger partial charge in [0.2, 0.25) is 5.91 Å². The molecule has 4 aliphatic rings. The zero-order chi connectivity index (χ0) is 30.6. The van der Waals surface area contributed by atoms with Crippen LogP contribution in [0.3, 0.4) is 0 Å². The number of halogens is 3. The lowest BCUT2D eigenvalue weighted by atomic mass is 9.85. The quantitative estimate of drug-likeness (QED) is 0.357. The Morgan fingerprint density at radius 2 is 1.95 bits per heavy atom. The van der Waals surface area contributed by atoms with Gasteiger partial charge in [-0.25, -0.2) is 14.5 Å². The summed E-state index contributed by atoms with van der Waals surface area (Å²) in [5.74, 6) is -1.60. The van der Waals surface area contributed by atoms with Crippen molar-refractivity contribution in [2.24, 2.45) is 29.6 Å². The van der Waals surface area contributed by atoms with Gasteiger partial charge in [0.15, 0.2) is 0 Å². The standard InChI is InChI=1S/C30H37F3N8O3/c1-2-40-23(7-9-35-40)28(43)37-26(24(16-3-4-16)17-5-6-17)22-14-41-29(36-22)38-25(18-8-10-44-15-18)21(39-41)12-19-11-20(30(31,32)33)13-34-27(19)42/h7,9,14,16-20,24,26H,2-6,8,10-13,15H2,1H3,(H,34,42)(H,37,43)/t18?,19-,20-,26-/m1/s1. The van der Waals surface area contributed by atoms with E-state index in [0.29, 0.717) is 66.6 Å². The molecular formula is C30H37F3N8O3. The summed E-state index contributed by atoms with van der Waals surface area (Å²) in [5, 5.41) is 14.8. The molecule has 3 aromatic heterocycles. The van der Waals surface area contributed by atoms with Gasteiger partial charge in [-0.05, 0) is 69.3 Å². The summed E-state index contributed by atoms with van der Waals surface area (Å²) in [6, 6.07) is 1.35. The van der Waals surface area contributed by atoms with Crippen LogP contribution in [-0.2, 0) is 22.5 Å². The minimum atomic E-state index is -4.39. The highest BCUT2D eigenvalue weighted by atomic mass is 19.4. The molecule has 2 saturated heterocycles. The van der Waals surface area contributed by atoms with Gasteiger partial charge in [-0.15, -0.1) is 0 Å². The first-order valence-corrected chi connectivity index (χ1v) is 15.7. The Labute approximate surface area is 252 Å². The summed E-state index contributed by atoms with van der Waals surface area (Å²) in [6.07, 6.45) is 3.90. The van der Waals surface area contributed by atoms with Crippen LogP contribution in [0.15, 0.2) is 18.5 Å². The maximum atomic E-state index is 13.6. The zero-order valence-electron chi connectivity index (χ0n) is 24.6. The topological polar surface area (TPSA) is 128 Å². The van der Waals surface area contributed by atoms with E-state index < -0.39 is 30.5 Å². The van der Waals surface area contributed by atoms with E-state index in [2.05, 4.69) is 15.7 Å². The normalized spacial score (nSPS) is 25.0. The third-order valence-corrected chi connectivity index (χ3v) is 9.69. The van der Waals surface area contributed by atoms with Crippen molar-refractivity contribution in [3.05, 3.63) is 41.2 Å². The number of ether oxygens (including phenoxy) is 1. The summed E-state index contributed by atoms with van der Waals surface area (Å²) in [7, 11) is 0. The fraction of sp³-hybridized carbons (Fsp3) is 0.667. The minimum Gasteiger partial charge on any atom is -0.381 e. The van der Waals surface area contributed by atoms with Crippen molar-refractivity contribution in [1.82, 2.24) is 40.0 Å². The number of carbonyl (C=O) groups excluding carboxylic acids is 2. The van der Waals surface area contributed by atoms with Crippen LogP contribution < -0.4 is 10.6 Å². The lowest BCUT2D eigenvalue weighted by molar-refractivity contribution is -0.183. The average Bonchev–Trinajstić information content (AvgIpc) is 3.84. The molecule has 2 aliphatic heterocycles. The van der Waals surface area contributed by atoms with Gasteiger partial charge < -0.3 is 15.4 Å². The van der Waals surface area contributed by atoms with Gasteiger partial charge in [-0.3, -0.25) is 14.3 Å². The molecule has 3 aromatic rings. The van der Waals surface area contributed by atoms with Gasteiger partial charge >= 0.3 is 6.18 Å². The Hall–Kier alpha value is -3.55. The highest BCUT2D eigenvalue weighted by molar-refractivity contribution is 5.92. The number of imidazole rings is 1. The lowest BCUT2D eigenvalue weighted by Gasteiger charge is -2.30. The molecule has 2 saturated carbocycles. The van der Waals surface area contributed by atoms with Gasteiger partial charge in [0.05, 0.1) is 41.8 Å². The summed E-state index contributed by atoms with van der Waals surface area (Å²) in [4.78, 5) is 36.0. The van der Waals surface area contributed by atoms with E-state index >= 15 is 0 Å². The van der Waals surface area contributed by atoms with Crippen LogP contribution in [-0.4, -0.2) is 67.1 Å². The molecule has 44 heavy (non-hydrogen) atoms. The molecule has 5 heterocycles. The molecule has 14 heteroatoms. The molecule has 11 nitrogen and oxygen atoms in total. The number of nitrogens with one attached hydrogen (secondary N) is 2. The zero-order valence-corrected chi connectivity index (χ0v) is 24.6. The number of fused-ring (bicyclic) bond motifs is 1. The highest BCUT2D eigenvalue weighted by Crippen LogP contribution is 2.54. The summed E-state index contributed by atoms with van der Waals surface area (Å²) < 4.78 is 49.5. The Bertz CT molecular complexity index is 1530. The van der Waals surface area contributed by atoms with Crippen LogP contribution in [0.25, 0.3) is 5.78 Å². The van der Waals surface area contributed by atoms with Gasteiger partial charge in [0.25, 0.3) is 11.7 Å².